The first-order chi connectivity index (χ1) is 12.5. The molecule has 0 aliphatic rings. The number of hydrogen-bond acceptors (Lipinski definition) is 4. The second kappa shape index (κ2) is 13.1. The number of ether oxygens (including phenoxy) is 1. The fourth-order valence-corrected chi connectivity index (χ4v) is 3.08. The van der Waals surface area contributed by atoms with E-state index in [1.807, 2.05) is 18.2 Å². The minimum absolute atomic E-state index is 0.259. The molecule has 0 radical (unpaired) electrons. The van der Waals surface area contributed by atoms with E-state index >= 15 is 0 Å². The first kappa shape index (κ1) is 22.9. The monoisotopic (exact) mass is 404 g/mol. The van der Waals surface area contributed by atoms with Crippen LogP contribution in [0.3, 0.4) is 0 Å². The molecule has 0 aliphatic heterocycles. The van der Waals surface area contributed by atoms with Gasteiger partial charge >= 0.3 is 5.97 Å². The van der Waals surface area contributed by atoms with Crippen molar-refractivity contribution in [1.29, 1.82) is 0 Å². The molecule has 0 saturated heterocycles. The van der Waals surface area contributed by atoms with Gasteiger partial charge in [-0.1, -0.05) is 32.3 Å². The van der Waals surface area contributed by atoms with Crippen LogP contribution < -0.4 is 15.4 Å². The van der Waals surface area contributed by atoms with E-state index in [9.17, 15) is 4.79 Å². The van der Waals surface area contributed by atoms with Gasteiger partial charge in [-0.25, -0.2) is 0 Å². The van der Waals surface area contributed by atoms with Crippen molar-refractivity contribution in [1.82, 2.24) is 0 Å². The average molecular weight is 405 g/mol. The number of carboxylic acids is 1. The highest BCUT2D eigenvalue weighted by atomic mass is 35.5. The Labute approximate surface area is 166 Å². The van der Waals surface area contributed by atoms with Crippen LogP contribution in [0.5, 0.6) is 5.75 Å². The largest absolute Gasteiger partial charge is 0.491 e. The van der Waals surface area contributed by atoms with Crippen molar-refractivity contribution >= 4 is 34.9 Å². The maximum Gasteiger partial charge on any atom is 0.320 e. The quantitative estimate of drug-likeness (QED) is 0.363. The van der Waals surface area contributed by atoms with Gasteiger partial charge < -0.3 is 20.5 Å². The first-order valence-electron chi connectivity index (χ1n) is 9.14. The number of alkyl halides is 2. The molecule has 0 fully saturated rings. The number of hydrogen-bond donors (Lipinski definition) is 2. The molecule has 1 atom stereocenters. The molecule has 7 heteroatoms. The van der Waals surface area contributed by atoms with Crippen LogP contribution >= 0.6 is 23.2 Å². The van der Waals surface area contributed by atoms with Crippen molar-refractivity contribution in [3.63, 3.8) is 0 Å². The summed E-state index contributed by atoms with van der Waals surface area (Å²) >= 11 is 11.9. The topological polar surface area (TPSA) is 75.8 Å². The van der Waals surface area contributed by atoms with E-state index in [-0.39, 0.29) is 6.42 Å². The van der Waals surface area contributed by atoms with Crippen LogP contribution in [0.4, 0.5) is 5.69 Å². The Morgan fingerprint density at radius 2 is 1.92 bits per heavy atom. The number of aliphatic carboxylic acids is 1. The van der Waals surface area contributed by atoms with Crippen LogP contribution in [0.25, 0.3) is 0 Å². The van der Waals surface area contributed by atoms with Crippen molar-refractivity contribution in [2.24, 2.45) is 5.73 Å². The predicted molar refractivity (Wildman–Crippen MR) is 109 cm³/mol. The number of carbonyl (C=O) groups is 1. The molecule has 148 valence electrons. The zero-order valence-electron chi connectivity index (χ0n) is 15.4. The molecule has 0 saturated carbocycles. The second-order valence-electron chi connectivity index (χ2n) is 6.23. The van der Waals surface area contributed by atoms with Crippen LogP contribution in [-0.4, -0.2) is 48.6 Å². The SMILES string of the molecule is CCCCCCOc1ccc(C[C@H](N)C(=O)O)cc1N(CCCl)CCCl. The summed E-state index contributed by atoms with van der Waals surface area (Å²) in [7, 11) is 0. The Balaban J connectivity index is 2.96. The minimum atomic E-state index is -1.01. The Hall–Kier alpha value is -1.17. The average Bonchev–Trinajstić information content (AvgIpc) is 2.62. The zero-order valence-corrected chi connectivity index (χ0v) is 16.9. The van der Waals surface area contributed by atoms with E-state index in [2.05, 4.69) is 11.8 Å². The van der Waals surface area contributed by atoms with Gasteiger partial charge in [0, 0.05) is 24.8 Å². The normalized spacial score (nSPS) is 12.0. The predicted octanol–water partition coefficient (Wildman–Crippen LogP) is 3.88. The number of unbranched alkanes of at least 4 members (excludes halogenated alkanes) is 3. The van der Waals surface area contributed by atoms with Gasteiger partial charge in [0.2, 0.25) is 0 Å². The fraction of sp³-hybridized carbons (Fsp3) is 0.632. The minimum Gasteiger partial charge on any atom is -0.491 e. The van der Waals surface area contributed by atoms with Gasteiger partial charge in [0.1, 0.15) is 11.8 Å². The van der Waals surface area contributed by atoms with E-state index < -0.39 is 12.0 Å². The van der Waals surface area contributed by atoms with E-state index in [0.717, 1.165) is 29.8 Å². The Morgan fingerprint density at radius 1 is 1.23 bits per heavy atom. The smallest absolute Gasteiger partial charge is 0.320 e. The zero-order chi connectivity index (χ0) is 19.4. The Kier molecular flexibility index (Phi) is 11.5. The molecular formula is C19H30Cl2N2O3. The lowest BCUT2D eigenvalue weighted by atomic mass is 10.0. The van der Waals surface area contributed by atoms with Gasteiger partial charge in [-0.05, 0) is 30.5 Å². The number of anilines is 1. The highest BCUT2D eigenvalue weighted by Gasteiger charge is 2.17. The summed E-state index contributed by atoms with van der Waals surface area (Å²) in [5, 5.41) is 9.04. The fourth-order valence-electron chi connectivity index (χ4n) is 2.67. The summed E-state index contributed by atoms with van der Waals surface area (Å²) in [6, 6.07) is 4.75. The van der Waals surface area contributed by atoms with E-state index in [1.54, 1.807) is 0 Å². The number of nitrogens with zero attached hydrogens (tertiary/aromatic N) is 1. The number of carboxylic acid groups (broad SMARTS) is 1. The van der Waals surface area contributed by atoms with Crippen LogP contribution in [0, 0.1) is 0 Å². The van der Waals surface area contributed by atoms with Crippen LogP contribution in [0.1, 0.15) is 38.2 Å². The molecule has 0 heterocycles. The molecule has 1 aromatic rings. The van der Waals surface area contributed by atoms with Crippen LogP contribution in [0.2, 0.25) is 0 Å². The molecule has 0 amide bonds. The van der Waals surface area contributed by atoms with Crippen LogP contribution in [0.15, 0.2) is 18.2 Å². The lowest BCUT2D eigenvalue weighted by Crippen LogP contribution is -2.32. The molecule has 0 bridgehead atoms. The van der Waals surface area contributed by atoms with E-state index in [0.29, 0.717) is 31.5 Å². The Morgan fingerprint density at radius 3 is 2.50 bits per heavy atom. The molecule has 5 nitrogen and oxygen atoms in total. The van der Waals surface area contributed by atoms with Gasteiger partial charge in [0.05, 0.1) is 12.3 Å². The van der Waals surface area contributed by atoms with E-state index in [1.165, 1.54) is 12.8 Å². The first-order valence-corrected chi connectivity index (χ1v) is 10.2. The van der Waals surface area contributed by atoms with Gasteiger partial charge in [-0.2, -0.15) is 0 Å². The molecule has 26 heavy (non-hydrogen) atoms. The molecule has 0 unspecified atom stereocenters. The third-order valence-electron chi connectivity index (χ3n) is 4.10. The lowest BCUT2D eigenvalue weighted by molar-refractivity contribution is -0.138. The standard InChI is InChI=1S/C19H30Cl2N2O3/c1-2-3-4-5-12-26-18-7-6-15(13-16(22)19(24)25)14-17(18)23(10-8-20)11-9-21/h6-7,14,16H,2-5,8-13,22H2,1H3,(H,24,25)/t16-/m0/s1. The van der Waals surface area contributed by atoms with Crippen molar-refractivity contribution in [2.75, 3.05) is 36.4 Å². The molecule has 0 aromatic heterocycles. The number of halogens is 2. The third-order valence-corrected chi connectivity index (χ3v) is 4.44. The molecule has 1 rings (SSSR count). The molecule has 1 aromatic carbocycles. The Bertz CT molecular complexity index is 538. The maximum atomic E-state index is 11.0. The van der Waals surface area contributed by atoms with E-state index in [4.69, 9.17) is 38.8 Å². The third kappa shape index (κ3) is 8.02. The van der Waals surface area contributed by atoms with Crippen molar-refractivity contribution in [3.05, 3.63) is 23.8 Å². The van der Waals surface area contributed by atoms with Crippen molar-refractivity contribution in [2.45, 2.75) is 45.1 Å². The molecule has 0 aliphatic carbocycles. The van der Waals surface area contributed by atoms with Crippen LogP contribution in [-0.2, 0) is 11.2 Å². The van der Waals surface area contributed by atoms with Crippen molar-refractivity contribution < 1.29 is 14.6 Å². The number of benzene rings is 1. The van der Waals surface area contributed by atoms with Gasteiger partial charge in [-0.3, -0.25) is 4.79 Å². The summed E-state index contributed by atoms with van der Waals surface area (Å²) in [6.07, 6.45) is 4.79. The number of nitrogens with two attached hydrogens (primary N) is 1. The summed E-state index contributed by atoms with van der Waals surface area (Å²) in [5.41, 5.74) is 7.41. The highest BCUT2D eigenvalue weighted by Crippen LogP contribution is 2.30. The second-order valence-corrected chi connectivity index (χ2v) is 6.98. The van der Waals surface area contributed by atoms with Gasteiger partial charge in [0.25, 0.3) is 0 Å². The molecule has 0 spiro atoms. The summed E-state index contributed by atoms with van der Waals surface area (Å²) in [4.78, 5) is 13.1. The summed E-state index contributed by atoms with van der Waals surface area (Å²) in [5.74, 6) is 0.683. The van der Waals surface area contributed by atoms with Gasteiger partial charge in [0.15, 0.2) is 0 Å². The van der Waals surface area contributed by atoms with Crippen molar-refractivity contribution in [3.8, 4) is 5.75 Å². The molecule has 3 N–H and O–H groups in total. The highest BCUT2D eigenvalue weighted by molar-refractivity contribution is 6.18. The summed E-state index contributed by atoms with van der Waals surface area (Å²) in [6.45, 7) is 4.09. The number of rotatable bonds is 14. The molecular weight excluding hydrogens is 375 g/mol. The maximum absolute atomic E-state index is 11.0. The summed E-state index contributed by atoms with van der Waals surface area (Å²) < 4.78 is 5.99. The van der Waals surface area contributed by atoms with Gasteiger partial charge in [-0.15, -0.1) is 23.2 Å². The lowest BCUT2D eigenvalue weighted by Gasteiger charge is -2.26.